The van der Waals surface area contributed by atoms with Crippen LogP contribution in [0.3, 0.4) is 0 Å². The van der Waals surface area contributed by atoms with Crippen molar-refractivity contribution in [2.24, 2.45) is 0 Å². The summed E-state index contributed by atoms with van der Waals surface area (Å²) in [5.41, 5.74) is 4.64. The largest absolute Gasteiger partial charge is 0.346 e. The lowest BCUT2D eigenvalue weighted by Crippen LogP contribution is -2.31. The molecule has 1 atom stereocenters. The number of nitrogens with zero attached hydrogens (tertiary/aromatic N) is 3. The Morgan fingerprint density at radius 1 is 1.03 bits per heavy atom. The van der Waals surface area contributed by atoms with Crippen molar-refractivity contribution in [3.8, 4) is 11.1 Å². The van der Waals surface area contributed by atoms with E-state index in [1.54, 1.807) is 11.3 Å². The van der Waals surface area contributed by atoms with E-state index in [2.05, 4.69) is 41.3 Å². The second-order valence-electron chi connectivity index (χ2n) is 8.43. The molecule has 1 aliphatic rings. The van der Waals surface area contributed by atoms with Gasteiger partial charge in [0.2, 0.25) is 0 Å². The summed E-state index contributed by atoms with van der Waals surface area (Å²) < 4.78 is 1.09. The number of nitrogens with one attached hydrogen (secondary N) is 1. The number of hydrogen-bond donors (Lipinski definition) is 1. The number of carbonyl (C=O) groups is 1. The first-order chi connectivity index (χ1) is 15.6. The van der Waals surface area contributed by atoms with Crippen LogP contribution in [0.2, 0.25) is 0 Å². The van der Waals surface area contributed by atoms with Crippen molar-refractivity contribution in [3.05, 3.63) is 78.4 Å². The first kappa shape index (κ1) is 20.7. The number of anilines is 2. The summed E-state index contributed by atoms with van der Waals surface area (Å²) in [7, 11) is 4.27. The summed E-state index contributed by atoms with van der Waals surface area (Å²) in [5, 5.41) is 4.09. The lowest BCUT2D eigenvalue weighted by atomic mass is 10.0. The Kier molecular flexibility index (Phi) is 5.64. The SMILES string of the molecule is CN(C)C1CCN(c2nc3ccc(NC(=O)c4ccc(-c5ccccc5)cc4)cc3s2)C1. The van der Waals surface area contributed by atoms with E-state index in [-0.39, 0.29) is 5.91 Å². The van der Waals surface area contributed by atoms with Gasteiger partial charge in [-0.1, -0.05) is 53.8 Å². The summed E-state index contributed by atoms with van der Waals surface area (Å²) in [6.07, 6.45) is 1.16. The van der Waals surface area contributed by atoms with Gasteiger partial charge in [-0.05, 0) is 62.0 Å². The maximum Gasteiger partial charge on any atom is 0.255 e. The first-order valence-electron chi connectivity index (χ1n) is 10.9. The van der Waals surface area contributed by atoms with Crippen LogP contribution in [0.1, 0.15) is 16.8 Å². The number of likely N-dealkylation sites (N-methyl/N-ethyl adjacent to an activating group) is 1. The summed E-state index contributed by atoms with van der Waals surface area (Å²) >= 11 is 1.69. The molecule has 1 N–H and O–H groups in total. The van der Waals surface area contributed by atoms with Crippen LogP contribution in [-0.4, -0.2) is 49.0 Å². The lowest BCUT2D eigenvalue weighted by Gasteiger charge is -2.19. The van der Waals surface area contributed by atoms with Gasteiger partial charge in [0.15, 0.2) is 5.13 Å². The van der Waals surface area contributed by atoms with Gasteiger partial charge in [-0.2, -0.15) is 0 Å². The van der Waals surface area contributed by atoms with Gasteiger partial charge in [-0.15, -0.1) is 0 Å². The highest BCUT2D eigenvalue weighted by Gasteiger charge is 2.26. The molecular weight excluding hydrogens is 416 g/mol. The van der Waals surface area contributed by atoms with Gasteiger partial charge >= 0.3 is 0 Å². The normalized spacial score (nSPS) is 16.1. The molecule has 5 nitrogen and oxygen atoms in total. The minimum Gasteiger partial charge on any atom is -0.346 e. The third kappa shape index (κ3) is 4.24. The molecule has 1 aliphatic heterocycles. The predicted molar refractivity (Wildman–Crippen MR) is 134 cm³/mol. The fourth-order valence-corrected chi connectivity index (χ4v) is 5.15. The fraction of sp³-hybridized carbons (Fsp3) is 0.231. The molecule has 1 saturated heterocycles. The number of amides is 1. The molecule has 2 heterocycles. The molecule has 0 saturated carbocycles. The highest BCUT2D eigenvalue weighted by Crippen LogP contribution is 2.33. The third-order valence-electron chi connectivity index (χ3n) is 6.05. The van der Waals surface area contributed by atoms with Gasteiger partial charge < -0.3 is 15.1 Å². The number of fused-ring (bicyclic) bond motifs is 1. The Morgan fingerprint density at radius 2 is 1.78 bits per heavy atom. The van der Waals surface area contributed by atoms with Crippen molar-refractivity contribution >= 4 is 38.3 Å². The van der Waals surface area contributed by atoms with E-state index in [1.807, 2.05) is 60.7 Å². The third-order valence-corrected chi connectivity index (χ3v) is 7.13. The second-order valence-corrected chi connectivity index (χ2v) is 9.44. The van der Waals surface area contributed by atoms with Crippen LogP contribution in [-0.2, 0) is 0 Å². The summed E-state index contributed by atoms with van der Waals surface area (Å²) in [6, 6.07) is 24.4. The zero-order chi connectivity index (χ0) is 22.1. The van der Waals surface area contributed by atoms with Crippen molar-refractivity contribution in [1.29, 1.82) is 0 Å². The zero-order valence-electron chi connectivity index (χ0n) is 18.3. The maximum atomic E-state index is 12.8. The molecule has 32 heavy (non-hydrogen) atoms. The highest BCUT2D eigenvalue weighted by atomic mass is 32.1. The smallest absolute Gasteiger partial charge is 0.255 e. The van der Waals surface area contributed by atoms with Crippen molar-refractivity contribution in [2.45, 2.75) is 12.5 Å². The molecule has 0 aliphatic carbocycles. The van der Waals surface area contributed by atoms with Crippen LogP contribution >= 0.6 is 11.3 Å². The maximum absolute atomic E-state index is 12.8. The fourth-order valence-electron chi connectivity index (χ4n) is 4.11. The molecule has 1 aromatic heterocycles. The van der Waals surface area contributed by atoms with Crippen LogP contribution in [0.15, 0.2) is 72.8 Å². The molecule has 6 heteroatoms. The molecule has 5 rings (SSSR count). The van der Waals surface area contributed by atoms with Crippen molar-refractivity contribution < 1.29 is 4.79 Å². The second kappa shape index (κ2) is 8.73. The Bertz CT molecular complexity index is 1230. The van der Waals surface area contributed by atoms with Crippen LogP contribution in [0, 0.1) is 0 Å². The molecule has 1 amide bonds. The van der Waals surface area contributed by atoms with E-state index in [0.717, 1.165) is 51.7 Å². The molecular formula is C26H26N4OS. The zero-order valence-corrected chi connectivity index (χ0v) is 19.1. The molecule has 0 spiro atoms. The van der Waals surface area contributed by atoms with Crippen molar-refractivity contribution in [2.75, 3.05) is 37.4 Å². The topological polar surface area (TPSA) is 48.5 Å². The van der Waals surface area contributed by atoms with Crippen LogP contribution in [0.5, 0.6) is 0 Å². The monoisotopic (exact) mass is 442 g/mol. The van der Waals surface area contributed by atoms with Gasteiger partial charge in [0.1, 0.15) is 0 Å². The minimum atomic E-state index is -0.109. The van der Waals surface area contributed by atoms with Crippen molar-refractivity contribution in [3.63, 3.8) is 0 Å². The molecule has 3 aromatic carbocycles. The van der Waals surface area contributed by atoms with Crippen LogP contribution in [0.25, 0.3) is 21.3 Å². The number of thiazole rings is 1. The van der Waals surface area contributed by atoms with Gasteiger partial charge in [-0.25, -0.2) is 4.98 Å². The summed E-state index contributed by atoms with van der Waals surface area (Å²) in [4.78, 5) is 22.2. The minimum absolute atomic E-state index is 0.109. The summed E-state index contributed by atoms with van der Waals surface area (Å²) in [6.45, 7) is 2.04. The standard InChI is InChI=1S/C26H26N4OS/c1-29(2)22-14-15-30(17-22)26-28-23-13-12-21(16-24(23)32-26)27-25(31)20-10-8-19(9-11-20)18-6-4-3-5-7-18/h3-13,16,22H,14-15,17H2,1-2H3,(H,27,31). The summed E-state index contributed by atoms with van der Waals surface area (Å²) in [5.74, 6) is -0.109. The number of aromatic nitrogens is 1. The van der Waals surface area contributed by atoms with Gasteiger partial charge in [0.05, 0.1) is 10.2 Å². The van der Waals surface area contributed by atoms with Gasteiger partial charge in [-0.3, -0.25) is 4.79 Å². The average Bonchev–Trinajstić information content (AvgIpc) is 3.47. The molecule has 0 bridgehead atoms. The van der Waals surface area contributed by atoms with Crippen LogP contribution < -0.4 is 10.2 Å². The van der Waals surface area contributed by atoms with E-state index in [0.29, 0.717) is 11.6 Å². The van der Waals surface area contributed by atoms with Gasteiger partial charge in [0.25, 0.3) is 5.91 Å². The number of benzene rings is 3. The molecule has 0 radical (unpaired) electrons. The van der Waals surface area contributed by atoms with Gasteiger partial charge in [0, 0.05) is 30.4 Å². The van der Waals surface area contributed by atoms with E-state index < -0.39 is 0 Å². The lowest BCUT2D eigenvalue weighted by molar-refractivity contribution is 0.102. The molecule has 1 unspecified atom stereocenters. The highest BCUT2D eigenvalue weighted by molar-refractivity contribution is 7.22. The number of hydrogen-bond acceptors (Lipinski definition) is 5. The number of rotatable bonds is 5. The average molecular weight is 443 g/mol. The predicted octanol–water partition coefficient (Wildman–Crippen LogP) is 5.36. The quantitative estimate of drug-likeness (QED) is 0.452. The van der Waals surface area contributed by atoms with E-state index in [1.165, 1.54) is 0 Å². The Balaban J connectivity index is 1.29. The van der Waals surface area contributed by atoms with E-state index in [9.17, 15) is 4.79 Å². The molecule has 162 valence electrons. The molecule has 4 aromatic rings. The van der Waals surface area contributed by atoms with E-state index in [4.69, 9.17) is 4.98 Å². The Hall–Kier alpha value is -3.22. The number of carbonyl (C=O) groups excluding carboxylic acids is 1. The Morgan fingerprint density at radius 3 is 2.50 bits per heavy atom. The Labute approximate surface area is 192 Å². The van der Waals surface area contributed by atoms with Crippen molar-refractivity contribution in [1.82, 2.24) is 9.88 Å². The van der Waals surface area contributed by atoms with Crippen LogP contribution in [0.4, 0.5) is 10.8 Å². The van der Waals surface area contributed by atoms with E-state index >= 15 is 0 Å². The molecule has 1 fully saturated rings. The first-order valence-corrected chi connectivity index (χ1v) is 11.7.